The van der Waals surface area contributed by atoms with Crippen LogP contribution in [0.5, 0.6) is 0 Å². The van der Waals surface area contributed by atoms with Gasteiger partial charge < -0.3 is 40.4 Å². The molecular formula is C94H84N20O4. The van der Waals surface area contributed by atoms with Crippen LogP contribution in [0.3, 0.4) is 0 Å². The maximum Gasteiger partial charge on any atom is 0.159 e. The predicted octanol–water partition coefficient (Wildman–Crippen LogP) is 17.8. The minimum atomic E-state index is 0.00546. The van der Waals surface area contributed by atoms with E-state index in [9.17, 15) is 5.11 Å². The van der Waals surface area contributed by atoms with Crippen molar-refractivity contribution in [2.24, 2.45) is 14.1 Å². The summed E-state index contributed by atoms with van der Waals surface area (Å²) in [5.41, 5.74) is 32.5. The van der Waals surface area contributed by atoms with Crippen LogP contribution in [0, 0.1) is 27.7 Å². The molecule has 118 heavy (non-hydrogen) atoms. The molecule has 0 radical (unpaired) electrons. The number of aliphatic hydroxyl groups is 4. The van der Waals surface area contributed by atoms with Crippen LogP contribution in [0.4, 0.5) is 0 Å². The first-order chi connectivity index (χ1) is 57.8. The maximum atomic E-state index is 9.18. The van der Waals surface area contributed by atoms with E-state index in [0.29, 0.717) is 0 Å². The van der Waals surface area contributed by atoms with Crippen molar-refractivity contribution in [1.29, 1.82) is 0 Å². The summed E-state index contributed by atoms with van der Waals surface area (Å²) in [5, 5.41) is 65.3. The highest BCUT2D eigenvalue weighted by Gasteiger charge is 2.22. The number of fused-ring (bicyclic) bond motifs is 8. The van der Waals surface area contributed by atoms with Crippen molar-refractivity contribution in [3.05, 3.63) is 276 Å². The number of benzene rings is 8. The van der Waals surface area contributed by atoms with E-state index >= 15 is 0 Å². The Hall–Kier alpha value is -14.6. The Labute approximate surface area is 676 Å². The average Bonchev–Trinajstić information content (AvgIpc) is 1.62. The van der Waals surface area contributed by atoms with Gasteiger partial charge >= 0.3 is 0 Å². The summed E-state index contributed by atoms with van der Waals surface area (Å²) >= 11 is 0. The highest BCUT2D eigenvalue weighted by Crippen LogP contribution is 2.39. The summed E-state index contributed by atoms with van der Waals surface area (Å²) in [4.78, 5) is 50.0. The second kappa shape index (κ2) is 33.5. The third kappa shape index (κ3) is 15.2. The molecule has 0 unspecified atom stereocenters. The molecule has 24 nitrogen and oxygen atoms in total. The fraction of sp³-hybridized carbons (Fsp3) is 0.149. The number of nitrogens with one attached hydrogen (secondary N) is 6. The molecule has 20 rings (SSSR count). The van der Waals surface area contributed by atoms with Crippen molar-refractivity contribution in [2.45, 2.75) is 53.4 Å². The molecule has 584 valence electrons. The molecular weight excluding hydrogens is 1470 g/mol. The molecule has 0 saturated carbocycles. The van der Waals surface area contributed by atoms with E-state index in [2.05, 4.69) is 154 Å². The first-order valence-electron chi connectivity index (χ1n) is 39.0. The summed E-state index contributed by atoms with van der Waals surface area (Å²) in [6.45, 7) is 8.76. The van der Waals surface area contributed by atoms with Gasteiger partial charge in [-0.25, -0.2) is 19.9 Å². The Morgan fingerprint density at radius 2 is 0.661 bits per heavy atom. The quantitative estimate of drug-likeness (QED) is 0.0381. The van der Waals surface area contributed by atoms with E-state index in [4.69, 9.17) is 40.5 Å². The molecule has 0 fully saturated rings. The SMILES string of the molecule is Cc1c(/C=C/CO)cncc1-c1ccc2[nH]nc(-c3nc4ccccc4[nH]3)c2c1.Cc1c(/C=C/CO)cncc1-c1ccc2c(c1)c(-c1nc3ccccc3[nH]1)nn2C.Cc1c(CCCO)cncc1-c1ccc2[nH]nc(-c3nc4ccccc4[nH]3)c2c1.Cc1c(CCCO)cncc1-c1ccc2c(c1)c(-c1nc3ccccc3[nH]1)nn2C. The van der Waals surface area contributed by atoms with Crippen molar-refractivity contribution in [1.82, 2.24) is 99.8 Å². The average molecular weight is 1560 g/mol. The van der Waals surface area contributed by atoms with Crippen LogP contribution < -0.4 is 0 Å². The summed E-state index contributed by atoms with van der Waals surface area (Å²) in [7, 11) is 3.90. The van der Waals surface area contributed by atoms with Crippen molar-refractivity contribution in [2.75, 3.05) is 26.4 Å². The molecule has 0 amide bonds. The number of para-hydroxylation sites is 8. The van der Waals surface area contributed by atoms with Crippen LogP contribution in [0.15, 0.2) is 232 Å². The second-order valence-electron chi connectivity index (χ2n) is 29.1. The number of hydrogen-bond acceptors (Lipinski definition) is 16. The standard InChI is InChI=1S/C24H23N5O.C24H21N5O.C23H21N5O.C23H19N5O/c2*1-15-17(6-5-11-30)13-25-14-19(15)16-9-10-22-18(12-16)23(28-29(22)2)24-26-20-7-3-4-8-21(20)27-24;2*1-14-16(5-4-10-29)12-24-13-18(14)15-8-9-19-17(11-15)22(28-27-19)23-25-20-6-2-3-7-21(20)26-23/h3-4,7-10,12-14,30H,5-6,11H2,1-2H3,(H,26,27);3-10,12-14,30H,11H2,1-2H3,(H,26,27);2-3,6-9,11-13,29H,4-5,10H2,1H3,(H,25,26)(H,27,28);2-9,11-13,29H,10H2,1H3,(H,25,26)(H,27,28)/b;6-5+;;5-4+. The normalized spacial score (nSPS) is 11.7. The van der Waals surface area contributed by atoms with Crippen LogP contribution in [-0.2, 0) is 26.9 Å². The minimum absolute atomic E-state index is 0.00546. The fourth-order valence-corrected chi connectivity index (χ4v) is 15.3. The van der Waals surface area contributed by atoms with E-state index in [0.717, 1.165) is 226 Å². The topological polar surface area (TPSA) is 340 Å². The number of aromatic amines is 6. The molecule has 20 aromatic rings. The number of rotatable bonds is 18. The molecule has 0 saturated heterocycles. The zero-order valence-corrected chi connectivity index (χ0v) is 65.8. The van der Waals surface area contributed by atoms with Gasteiger partial charge in [0.15, 0.2) is 23.3 Å². The van der Waals surface area contributed by atoms with Gasteiger partial charge in [0.1, 0.15) is 22.8 Å². The van der Waals surface area contributed by atoms with Crippen LogP contribution in [0.2, 0.25) is 0 Å². The Kier molecular flexibility index (Phi) is 21.6. The molecule has 0 atom stereocenters. The molecule has 8 aromatic carbocycles. The lowest BCUT2D eigenvalue weighted by atomic mass is 9.96. The number of H-pyrrole nitrogens is 6. The van der Waals surface area contributed by atoms with Crippen LogP contribution in [0.25, 0.3) is 190 Å². The molecule has 24 heteroatoms. The maximum absolute atomic E-state index is 9.18. The Bertz CT molecular complexity index is 7020. The van der Waals surface area contributed by atoms with Gasteiger partial charge in [0.2, 0.25) is 0 Å². The number of pyridine rings is 4. The smallest absolute Gasteiger partial charge is 0.159 e. The molecule has 0 aliphatic heterocycles. The van der Waals surface area contributed by atoms with E-state index in [-0.39, 0.29) is 26.4 Å². The summed E-state index contributed by atoms with van der Waals surface area (Å²) in [5.74, 6) is 3.02. The van der Waals surface area contributed by atoms with Crippen molar-refractivity contribution < 1.29 is 20.4 Å². The minimum Gasteiger partial charge on any atom is -0.396 e. The van der Waals surface area contributed by atoms with Gasteiger partial charge in [-0.05, 0) is 217 Å². The molecule has 12 aromatic heterocycles. The van der Waals surface area contributed by atoms with Gasteiger partial charge in [0, 0.05) is 121 Å². The van der Waals surface area contributed by atoms with Gasteiger partial charge in [-0.1, -0.05) is 97.1 Å². The molecule has 0 aliphatic rings. The zero-order chi connectivity index (χ0) is 80.9. The molecule has 0 spiro atoms. The van der Waals surface area contributed by atoms with Crippen molar-refractivity contribution >= 4 is 99.9 Å². The highest BCUT2D eigenvalue weighted by molar-refractivity contribution is 6.00. The van der Waals surface area contributed by atoms with Gasteiger partial charge in [0.25, 0.3) is 0 Å². The lowest BCUT2D eigenvalue weighted by Crippen LogP contribution is -1.96. The zero-order valence-electron chi connectivity index (χ0n) is 65.8. The van der Waals surface area contributed by atoms with E-state index < -0.39 is 0 Å². The predicted molar refractivity (Wildman–Crippen MR) is 469 cm³/mol. The molecule has 12 heterocycles. The molecule has 0 bridgehead atoms. The number of aryl methyl sites for hydroxylation is 4. The first kappa shape index (κ1) is 76.1. The second-order valence-corrected chi connectivity index (χ2v) is 29.1. The Balaban J connectivity index is 0.000000113. The largest absolute Gasteiger partial charge is 0.396 e. The molecule has 0 aliphatic carbocycles. The van der Waals surface area contributed by atoms with Crippen LogP contribution in [0.1, 0.15) is 57.3 Å². The van der Waals surface area contributed by atoms with E-state index in [1.54, 1.807) is 18.3 Å². The number of nitrogens with zero attached hydrogens (tertiary/aromatic N) is 14. The summed E-state index contributed by atoms with van der Waals surface area (Å²) in [6.07, 6.45) is 25.3. The molecule has 10 N–H and O–H groups in total. The highest BCUT2D eigenvalue weighted by atomic mass is 16.3. The van der Waals surface area contributed by atoms with Crippen LogP contribution in [-0.4, -0.2) is 147 Å². The fourth-order valence-electron chi connectivity index (χ4n) is 15.3. The third-order valence-corrected chi connectivity index (χ3v) is 21.7. The van der Waals surface area contributed by atoms with Gasteiger partial charge in [-0.15, -0.1) is 0 Å². The third-order valence-electron chi connectivity index (χ3n) is 21.7. The summed E-state index contributed by atoms with van der Waals surface area (Å²) in [6, 6.07) is 57.1. The lowest BCUT2D eigenvalue weighted by molar-refractivity contribution is 0.288. The van der Waals surface area contributed by atoms with E-state index in [1.807, 2.05) is 188 Å². The van der Waals surface area contributed by atoms with Gasteiger partial charge in [-0.3, -0.25) is 39.5 Å². The number of imidazole rings is 4. The van der Waals surface area contributed by atoms with Crippen molar-refractivity contribution in [3.63, 3.8) is 0 Å². The number of hydrogen-bond donors (Lipinski definition) is 10. The number of aromatic nitrogens is 20. The number of aliphatic hydroxyl groups excluding tert-OH is 4. The van der Waals surface area contributed by atoms with Gasteiger partial charge in [-0.2, -0.15) is 20.4 Å². The van der Waals surface area contributed by atoms with Crippen LogP contribution >= 0.6 is 0 Å². The summed E-state index contributed by atoms with van der Waals surface area (Å²) < 4.78 is 3.78. The van der Waals surface area contributed by atoms with Crippen molar-refractivity contribution in [3.8, 4) is 90.6 Å². The Morgan fingerprint density at radius 3 is 1.01 bits per heavy atom. The van der Waals surface area contributed by atoms with Gasteiger partial charge in [0.05, 0.1) is 79.4 Å². The monoisotopic (exact) mass is 1560 g/mol. The lowest BCUT2D eigenvalue weighted by Gasteiger charge is -2.11. The van der Waals surface area contributed by atoms with E-state index in [1.165, 1.54) is 22.3 Å². The Morgan fingerprint density at radius 1 is 0.339 bits per heavy atom. The first-order valence-corrected chi connectivity index (χ1v) is 39.0.